The van der Waals surface area contributed by atoms with Crippen molar-refractivity contribution in [2.45, 2.75) is 45.2 Å². The number of carbonyl (C=O) groups excluding carboxylic acids is 3. The Balaban J connectivity index is 1.57. The molecule has 3 N–H and O–H groups in total. The SMILES string of the molecule is CCc1n[nH]c2c1CN(C(=O)CCC1NC(=O)NC1=O)CC2. The van der Waals surface area contributed by atoms with Crippen LogP contribution >= 0.6 is 0 Å². The molecule has 0 saturated carbocycles. The van der Waals surface area contributed by atoms with Crippen molar-refractivity contribution in [2.24, 2.45) is 0 Å². The number of carbonyl (C=O) groups is 3. The van der Waals surface area contributed by atoms with Gasteiger partial charge in [-0.15, -0.1) is 0 Å². The zero-order valence-electron chi connectivity index (χ0n) is 12.4. The second kappa shape index (κ2) is 5.78. The minimum absolute atomic E-state index is 0.00264. The van der Waals surface area contributed by atoms with Crippen LogP contribution in [0.3, 0.4) is 0 Å². The van der Waals surface area contributed by atoms with Crippen LogP contribution in [0.2, 0.25) is 0 Å². The summed E-state index contributed by atoms with van der Waals surface area (Å²) in [6.45, 7) is 3.26. The Morgan fingerprint density at radius 3 is 2.91 bits per heavy atom. The molecule has 0 bridgehead atoms. The standard InChI is InChI=1S/C14H19N5O3/c1-2-9-8-7-19(6-5-10(8)18-17-9)12(20)4-3-11-13(21)16-14(22)15-11/h11H,2-7H2,1H3,(H,17,18)(H2,15,16,21,22). The number of aromatic nitrogens is 2. The predicted octanol–water partition coefficient (Wildman–Crippen LogP) is -0.155. The van der Waals surface area contributed by atoms with Crippen LogP contribution in [-0.2, 0) is 29.0 Å². The highest BCUT2D eigenvalue weighted by atomic mass is 16.2. The molecular formula is C14H19N5O3. The largest absolute Gasteiger partial charge is 0.338 e. The van der Waals surface area contributed by atoms with Crippen LogP contribution in [0.5, 0.6) is 0 Å². The molecule has 1 fully saturated rings. The summed E-state index contributed by atoms with van der Waals surface area (Å²) in [7, 11) is 0. The van der Waals surface area contributed by atoms with Gasteiger partial charge in [-0.1, -0.05) is 6.92 Å². The molecule has 2 aliphatic heterocycles. The van der Waals surface area contributed by atoms with Gasteiger partial charge in [-0.05, 0) is 12.8 Å². The molecule has 0 spiro atoms. The van der Waals surface area contributed by atoms with E-state index in [1.165, 1.54) is 0 Å². The molecule has 4 amide bonds. The molecule has 22 heavy (non-hydrogen) atoms. The van der Waals surface area contributed by atoms with E-state index in [2.05, 4.69) is 20.8 Å². The van der Waals surface area contributed by atoms with E-state index in [0.29, 0.717) is 19.5 Å². The van der Waals surface area contributed by atoms with Gasteiger partial charge in [-0.25, -0.2) is 4.79 Å². The maximum Gasteiger partial charge on any atom is 0.322 e. The highest BCUT2D eigenvalue weighted by Gasteiger charge is 2.31. The van der Waals surface area contributed by atoms with E-state index in [1.807, 2.05) is 6.92 Å². The second-order valence-corrected chi connectivity index (χ2v) is 5.60. The zero-order valence-corrected chi connectivity index (χ0v) is 12.4. The molecule has 0 radical (unpaired) electrons. The molecule has 1 aromatic rings. The molecule has 1 atom stereocenters. The average molecular weight is 305 g/mol. The fourth-order valence-corrected chi connectivity index (χ4v) is 2.95. The quantitative estimate of drug-likeness (QED) is 0.672. The van der Waals surface area contributed by atoms with E-state index < -0.39 is 12.1 Å². The zero-order chi connectivity index (χ0) is 15.7. The van der Waals surface area contributed by atoms with Gasteiger partial charge in [0.1, 0.15) is 6.04 Å². The van der Waals surface area contributed by atoms with Gasteiger partial charge in [0.15, 0.2) is 0 Å². The highest BCUT2D eigenvalue weighted by molar-refractivity contribution is 6.04. The van der Waals surface area contributed by atoms with Crippen LogP contribution in [0.15, 0.2) is 0 Å². The van der Waals surface area contributed by atoms with Gasteiger partial charge < -0.3 is 10.2 Å². The van der Waals surface area contributed by atoms with Gasteiger partial charge in [0.2, 0.25) is 5.91 Å². The Morgan fingerprint density at radius 1 is 1.41 bits per heavy atom. The lowest BCUT2D eigenvalue weighted by Gasteiger charge is -2.27. The lowest BCUT2D eigenvalue weighted by Crippen LogP contribution is -2.37. The van der Waals surface area contributed by atoms with Crippen LogP contribution in [0.1, 0.15) is 36.7 Å². The van der Waals surface area contributed by atoms with E-state index >= 15 is 0 Å². The number of nitrogens with zero attached hydrogens (tertiary/aromatic N) is 2. The van der Waals surface area contributed by atoms with Gasteiger partial charge in [0, 0.05) is 37.2 Å². The fourth-order valence-electron chi connectivity index (χ4n) is 2.95. The maximum absolute atomic E-state index is 12.3. The van der Waals surface area contributed by atoms with Gasteiger partial charge in [0.25, 0.3) is 5.91 Å². The van der Waals surface area contributed by atoms with Crippen molar-refractivity contribution in [1.29, 1.82) is 0 Å². The van der Waals surface area contributed by atoms with Crippen LogP contribution in [0.25, 0.3) is 0 Å². The van der Waals surface area contributed by atoms with E-state index in [-0.39, 0.29) is 18.2 Å². The number of rotatable bonds is 4. The Bertz CT molecular complexity index is 610. The highest BCUT2D eigenvalue weighted by Crippen LogP contribution is 2.21. The molecule has 8 heteroatoms. The Labute approximate surface area is 127 Å². The molecule has 0 aromatic carbocycles. The van der Waals surface area contributed by atoms with Crippen molar-refractivity contribution < 1.29 is 14.4 Å². The van der Waals surface area contributed by atoms with Crippen molar-refractivity contribution >= 4 is 17.8 Å². The molecule has 2 aliphatic rings. The number of urea groups is 1. The summed E-state index contributed by atoms with van der Waals surface area (Å²) < 4.78 is 0. The number of aryl methyl sites for hydroxylation is 1. The number of fused-ring (bicyclic) bond motifs is 1. The molecule has 3 rings (SSSR count). The second-order valence-electron chi connectivity index (χ2n) is 5.60. The van der Waals surface area contributed by atoms with E-state index in [4.69, 9.17) is 0 Å². The first-order valence-electron chi connectivity index (χ1n) is 7.52. The van der Waals surface area contributed by atoms with Crippen LogP contribution < -0.4 is 10.6 Å². The van der Waals surface area contributed by atoms with Crippen molar-refractivity contribution in [2.75, 3.05) is 6.54 Å². The number of imide groups is 1. The summed E-state index contributed by atoms with van der Waals surface area (Å²) in [4.78, 5) is 36.6. The summed E-state index contributed by atoms with van der Waals surface area (Å²) in [5, 5.41) is 12.0. The average Bonchev–Trinajstić information content (AvgIpc) is 3.06. The van der Waals surface area contributed by atoms with Gasteiger partial charge in [0.05, 0.1) is 5.69 Å². The van der Waals surface area contributed by atoms with Crippen molar-refractivity contribution in [3.05, 3.63) is 17.0 Å². The molecule has 118 valence electrons. The lowest BCUT2D eigenvalue weighted by molar-refractivity contribution is -0.132. The predicted molar refractivity (Wildman–Crippen MR) is 76.8 cm³/mol. The van der Waals surface area contributed by atoms with Crippen LogP contribution in [-0.4, -0.2) is 45.5 Å². The fraction of sp³-hybridized carbons (Fsp3) is 0.571. The number of H-pyrrole nitrogens is 1. The van der Waals surface area contributed by atoms with Crippen molar-refractivity contribution in [3.63, 3.8) is 0 Å². The minimum atomic E-state index is -0.600. The number of aromatic amines is 1. The first-order chi connectivity index (χ1) is 10.6. The monoisotopic (exact) mass is 305 g/mol. The minimum Gasteiger partial charge on any atom is -0.338 e. The molecule has 1 unspecified atom stereocenters. The van der Waals surface area contributed by atoms with E-state index in [0.717, 1.165) is 29.8 Å². The van der Waals surface area contributed by atoms with Crippen LogP contribution in [0.4, 0.5) is 4.79 Å². The van der Waals surface area contributed by atoms with E-state index in [1.54, 1.807) is 4.90 Å². The summed E-state index contributed by atoms with van der Waals surface area (Å²) in [5.74, 6) is -0.357. The topological polar surface area (TPSA) is 107 Å². The Kier molecular flexibility index (Phi) is 3.82. The molecule has 1 aromatic heterocycles. The summed E-state index contributed by atoms with van der Waals surface area (Å²) in [6.07, 6.45) is 2.18. The third-order valence-electron chi connectivity index (χ3n) is 4.21. The third kappa shape index (κ3) is 2.68. The Morgan fingerprint density at radius 2 is 2.23 bits per heavy atom. The first-order valence-corrected chi connectivity index (χ1v) is 7.52. The van der Waals surface area contributed by atoms with Crippen molar-refractivity contribution in [3.8, 4) is 0 Å². The van der Waals surface area contributed by atoms with Crippen molar-refractivity contribution in [1.82, 2.24) is 25.7 Å². The number of hydrogen-bond acceptors (Lipinski definition) is 4. The number of nitrogens with one attached hydrogen (secondary N) is 3. The molecule has 8 nitrogen and oxygen atoms in total. The molecule has 1 saturated heterocycles. The van der Waals surface area contributed by atoms with Gasteiger partial charge in [-0.2, -0.15) is 5.10 Å². The number of hydrogen-bond donors (Lipinski definition) is 3. The molecule has 0 aliphatic carbocycles. The Hall–Kier alpha value is -2.38. The third-order valence-corrected chi connectivity index (χ3v) is 4.21. The van der Waals surface area contributed by atoms with Gasteiger partial charge in [-0.3, -0.25) is 20.0 Å². The number of amides is 4. The molecular weight excluding hydrogens is 286 g/mol. The summed E-state index contributed by atoms with van der Waals surface area (Å²) in [5.41, 5.74) is 3.24. The normalized spacial score (nSPS) is 20.6. The van der Waals surface area contributed by atoms with Gasteiger partial charge >= 0.3 is 6.03 Å². The van der Waals surface area contributed by atoms with E-state index in [9.17, 15) is 14.4 Å². The summed E-state index contributed by atoms with van der Waals surface area (Å²) in [6, 6.07) is -1.09. The van der Waals surface area contributed by atoms with Crippen LogP contribution in [0, 0.1) is 0 Å². The lowest BCUT2D eigenvalue weighted by atomic mass is 10.0. The maximum atomic E-state index is 12.3. The summed E-state index contributed by atoms with van der Waals surface area (Å²) >= 11 is 0. The molecule has 3 heterocycles. The smallest absolute Gasteiger partial charge is 0.322 e. The first kappa shape index (κ1) is 14.6.